The van der Waals surface area contributed by atoms with Crippen LogP contribution >= 0.6 is 22.9 Å². The molecule has 6 rings (SSSR count). The van der Waals surface area contributed by atoms with E-state index in [1.165, 1.54) is 23.5 Å². The highest BCUT2D eigenvalue weighted by molar-refractivity contribution is 7.15. The molecule has 35 heavy (non-hydrogen) atoms. The minimum Gasteiger partial charge on any atom is -0.454 e. The number of anilines is 1. The van der Waals surface area contributed by atoms with E-state index in [0.29, 0.717) is 35.2 Å². The van der Waals surface area contributed by atoms with Gasteiger partial charge in [0.2, 0.25) is 12.7 Å². The number of aliphatic hydroxyl groups is 1. The maximum atomic E-state index is 13.7. The van der Waals surface area contributed by atoms with Gasteiger partial charge < -0.3 is 19.9 Å². The first-order valence-corrected chi connectivity index (χ1v) is 12.7. The Balaban J connectivity index is 1.26. The van der Waals surface area contributed by atoms with Crippen molar-refractivity contribution in [2.45, 2.75) is 43.4 Å². The molecule has 182 valence electrons. The van der Waals surface area contributed by atoms with Crippen molar-refractivity contribution in [1.82, 2.24) is 9.88 Å². The topological polar surface area (TPSA) is 83.9 Å². The third kappa shape index (κ3) is 4.06. The van der Waals surface area contributed by atoms with Gasteiger partial charge in [0.1, 0.15) is 12.0 Å². The van der Waals surface area contributed by atoms with Crippen molar-refractivity contribution >= 4 is 34.0 Å². The van der Waals surface area contributed by atoms with Crippen LogP contribution in [0.1, 0.15) is 47.7 Å². The van der Waals surface area contributed by atoms with Crippen molar-refractivity contribution < 1.29 is 23.8 Å². The molecule has 1 saturated heterocycles. The van der Waals surface area contributed by atoms with Crippen LogP contribution in [-0.4, -0.2) is 40.5 Å². The summed E-state index contributed by atoms with van der Waals surface area (Å²) in [6, 6.07) is 9.52. The predicted molar refractivity (Wildman–Crippen MR) is 129 cm³/mol. The normalized spacial score (nSPS) is 21.2. The Kier molecular flexibility index (Phi) is 5.68. The minimum absolute atomic E-state index is 0.116. The number of hydrogen-bond acceptors (Lipinski definition) is 7. The maximum absolute atomic E-state index is 13.7. The summed E-state index contributed by atoms with van der Waals surface area (Å²) in [5.41, 5.74) is 0.971. The summed E-state index contributed by atoms with van der Waals surface area (Å²) >= 11 is 7.75. The zero-order chi connectivity index (χ0) is 24.2. The van der Waals surface area contributed by atoms with Gasteiger partial charge in [0, 0.05) is 22.6 Å². The molecule has 3 heterocycles. The molecule has 1 aromatic heterocycles. The van der Waals surface area contributed by atoms with E-state index in [1.54, 1.807) is 12.3 Å². The predicted octanol–water partition coefficient (Wildman–Crippen LogP) is 4.84. The van der Waals surface area contributed by atoms with E-state index in [-0.39, 0.29) is 17.7 Å². The fourth-order valence-electron chi connectivity index (χ4n) is 4.94. The van der Waals surface area contributed by atoms with Gasteiger partial charge in [-0.2, -0.15) is 0 Å². The van der Waals surface area contributed by atoms with E-state index < -0.39 is 23.5 Å². The summed E-state index contributed by atoms with van der Waals surface area (Å²) in [6.07, 6.45) is 4.03. The molecule has 1 amide bonds. The quantitative estimate of drug-likeness (QED) is 0.489. The minimum atomic E-state index is -0.637. The van der Waals surface area contributed by atoms with Crippen molar-refractivity contribution in [1.29, 1.82) is 0 Å². The molecule has 3 aromatic rings. The Morgan fingerprint density at radius 3 is 2.83 bits per heavy atom. The van der Waals surface area contributed by atoms with Gasteiger partial charge in [-0.15, -0.1) is 0 Å². The van der Waals surface area contributed by atoms with Crippen LogP contribution < -0.4 is 14.8 Å². The number of rotatable bonds is 6. The number of aromatic nitrogens is 1. The zero-order valence-electron chi connectivity index (χ0n) is 18.7. The molecule has 2 atom stereocenters. The number of ether oxygens (including phenoxy) is 2. The van der Waals surface area contributed by atoms with Gasteiger partial charge in [-0.25, -0.2) is 9.37 Å². The number of aliphatic hydroxyl groups excluding tert-OH is 1. The van der Waals surface area contributed by atoms with Crippen LogP contribution in [0, 0.1) is 5.82 Å². The second kappa shape index (κ2) is 8.74. The number of likely N-dealkylation sites (tertiary alicyclic amines) is 1. The Hall–Kier alpha value is -2.72. The Bertz CT molecular complexity index is 1300. The van der Waals surface area contributed by atoms with Gasteiger partial charge in [-0.05, 0) is 61.1 Å². The Labute approximate surface area is 210 Å². The van der Waals surface area contributed by atoms with Gasteiger partial charge in [0.25, 0.3) is 0 Å². The standard InChI is InChI=1S/C25H23ClFN3O4S/c26-17-11-15(27)4-5-16(17)22(30-9-1-2-21(30)31)20-12-28-24(35-20)29-23(32)25(7-8-25)14-3-6-18-19(10-14)34-13-33-18/h3-6,10-12,21-22,31H,1-2,7-9,13H2,(H,28,29,32)/t21-,22+/m1/s1. The van der Waals surface area contributed by atoms with E-state index >= 15 is 0 Å². The first kappa shape index (κ1) is 22.7. The van der Waals surface area contributed by atoms with E-state index in [4.69, 9.17) is 21.1 Å². The van der Waals surface area contributed by atoms with Crippen LogP contribution in [0.3, 0.4) is 0 Å². The summed E-state index contributed by atoms with van der Waals surface area (Å²) in [5.74, 6) is 0.801. The van der Waals surface area contributed by atoms with Crippen LogP contribution in [0.4, 0.5) is 9.52 Å². The number of thiazole rings is 1. The molecule has 0 bridgehead atoms. The summed E-state index contributed by atoms with van der Waals surface area (Å²) in [5, 5.41) is 14.3. The fraction of sp³-hybridized carbons (Fsp3) is 0.360. The van der Waals surface area contributed by atoms with Crippen molar-refractivity contribution in [2.75, 3.05) is 18.7 Å². The molecule has 2 N–H and O–H groups in total. The van der Waals surface area contributed by atoms with E-state index in [0.717, 1.165) is 29.7 Å². The van der Waals surface area contributed by atoms with E-state index in [2.05, 4.69) is 10.3 Å². The molecule has 1 saturated carbocycles. The highest BCUT2D eigenvalue weighted by Crippen LogP contribution is 2.51. The summed E-state index contributed by atoms with van der Waals surface area (Å²) in [7, 11) is 0. The van der Waals surface area contributed by atoms with Crippen molar-refractivity contribution in [3.63, 3.8) is 0 Å². The molecule has 1 aliphatic carbocycles. The molecule has 3 aliphatic rings. The van der Waals surface area contributed by atoms with Gasteiger partial charge in [0.05, 0.1) is 11.5 Å². The number of carbonyl (C=O) groups excluding carboxylic acids is 1. The SMILES string of the molecule is O=C(Nc1ncc([C@H](c2ccc(F)cc2Cl)N2CCC[C@H]2O)s1)C1(c2ccc3c(c2)OCO3)CC1. The third-order valence-corrected chi connectivity index (χ3v) is 8.27. The lowest BCUT2D eigenvalue weighted by Crippen LogP contribution is -2.33. The number of fused-ring (bicyclic) bond motifs is 1. The molecule has 10 heteroatoms. The molecule has 7 nitrogen and oxygen atoms in total. The molecular weight excluding hydrogens is 493 g/mol. The number of benzene rings is 2. The molecular formula is C25H23ClFN3O4S. The van der Waals surface area contributed by atoms with Gasteiger partial charge in [-0.3, -0.25) is 9.69 Å². The zero-order valence-corrected chi connectivity index (χ0v) is 20.2. The number of nitrogens with zero attached hydrogens (tertiary/aromatic N) is 2. The van der Waals surface area contributed by atoms with Crippen LogP contribution in [0.25, 0.3) is 0 Å². The Morgan fingerprint density at radius 2 is 2.09 bits per heavy atom. The average Bonchev–Trinajstić information content (AvgIpc) is 3.13. The average molecular weight is 516 g/mol. The number of hydrogen-bond donors (Lipinski definition) is 2. The van der Waals surface area contributed by atoms with Crippen LogP contribution in [0.15, 0.2) is 42.6 Å². The number of carbonyl (C=O) groups is 1. The largest absolute Gasteiger partial charge is 0.454 e. The number of amides is 1. The first-order valence-electron chi connectivity index (χ1n) is 11.5. The second-order valence-electron chi connectivity index (χ2n) is 9.10. The molecule has 2 fully saturated rings. The molecule has 2 aliphatic heterocycles. The lowest BCUT2D eigenvalue weighted by molar-refractivity contribution is -0.118. The molecule has 0 radical (unpaired) electrons. The van der Waals surface area contributed by atoms with Crippen LogP contribution in [0.5, 0.6) is 11.5 Å². The first-order chi connectivity index (χ1) is 16.9. The van der Waals surface area contributed by atoms with Crippen molar-refractivity contribution in [3.8, 4) is 11.5 Å². The summed E-state index contributed by atoms with van der Waals surface area (Å²) < 4.78 is 24.6. The fourth-order valence-corrected chi connectivity index (χ4v) is 6.17. The highest BCUT2D eigenvalue weighted by Gasteiger charge is 2.52. The monoisotopic (exact) mass is 515 g/mol. The Morgan fingerprint density at radius 1 is 1.26 bits per heavy atom. The lowest BCUT2D eigenvalue weighted by Gasteiger charge is -2.30. The van der Waals surface area contributed by atoms with Crippen molar-refractivity contribution in [3.05, 3.63) is 69.4 Å². The number of nitrogens with one attached hydrogen (secondary N) is 1. The molecule has 0 unspecified atom stereocenters. The smallest absolute Gasteiger partial charge is 0.236 e. The van der Waals surface area contributed by atoms with Crippen molar-refractivity contribution in [2.24, 2.45) is 0 Å². The van der Waals surface area contributed by atoms with Crippen LogP contribution in [-0.2, 0) is 10.2 Å². The van der Waals surface area contributed by atoms with Gasteiger partial charge in [-0.1, -0.05) is 35.1 Å². The van der Waals surface area contributed by atoms with Gasteiger partial charge >= 0.3 is 0 Å². The van der Waals surface area contributed by atoms with E-state index in [1.807, 2.05) is 23.1 Å². The maximum Gasteiger partial charge on any atom is 0.236 e. The summed E-state index contributed by atoms with van der Waals surface area (Å²) in [6.45, 7) is 0.858. The van der Waals surface area contributed by atoms with Crippen LogP contribution in [0.2, 0.25) is 5.02 Å². The summed E-state index contributed by atoms with van der Waals surface area (Å²) in [4.78, 5) is 20.5. The second-order valence-corrected chi connectivity index (χ2v) is 10.6. The number of halogens is 2. The third-order valence-electron chi connectivity index (χ3n) is 6.97. The molecule has 2 aromatic carbocycles. The lowest BCUT2D eigenvalue weighted by atomic mass is 9.94. The highest BCUT2D eigenvalue weighted by atomic mass is 35.5. The van der Waals surface area contributed by atoms with E-state index in [9.17, 15) is 14.3 Å². The van der Waals surface area contributed by atoms with Gasteiger partial charge in [0.15, 0.2) is 16.6 Å². The molecule has 0 spiro atoms.